The maximum Gasteiger partial charge on any atom is 0.416 e. The number of halogens is 3. The first-order valence-corrected chi connectivity index (χ1v) is 8.18. The van der Waals surface area contributed by atoms with Gasteiger partial charge in [-0.25, -0.2) is 0 Å². The Morgan fingerprint density at radius 3 is 2.62 bits per heavy atom. The zero-order valence-corrected chi connectivity index (χ0v) is 13.8. The van der Waals surface area contributed by atoms with E-state index < -0.39 is 23.8 Å². The molecule has 0 spiro atoms. The molecule has 0 saturated carbocycles. The Bertz CT molecular complexity index is 820. The minimum atomic E-state index is -4.47. The lowest BCUT2D eigenvalue weighted by molar-refractivity contribution is -0.137. The first-order valence-electron chi connectivity index (χ1n) is 8.18. The largest absolute Gasteiger partial charge is 0.416 e. The van der Waals surface area contributed by atoms with Crippen LogP contribution < -0.4 is 4.90 Å². The van der Waals surface area contributed by atoms with E-state index >= 15 is 0 Å². The zero-order chi connectivity index (χ0) is 18.9. The highest BCUT2D eigenvalue weighted by Crippen LogP contribution is 2.32. The van der Waals surface area contributed by atoms with Gasteiger partial charge < -0.3 is 15.1 Å². The summed E-state index contributed by atoms with van der Waals surface area (Å²) >= 11 is 0. The summed E-state index contributed by atoms with van der Waals surface area (Å²) in [7, 11) is 0. The van der Waals surface area contributed by atoms with E-state index in [1.165, 1.54) is 17.0 Å². The summed E-state index contributed by atoms with van der Waals surface area (Å²) in [5.41, 5.74) is 1.64. The smallest absolute Gasteiger partial charge is 0.392 e. The molecule has 2 aromatic rings. The molecule has 3 rings (SSSR count). The van der Waals surface area contributed by atoms with E-state index in [0.717, 1.165) is 23.3 Å². The van der Waals surface area contributed by atoms with Crippen LogP contribution in [0.1, 0.15) is 22.3 Å². The van der Waals surface area contributed by atoms with Crippen molar-refractivity contribution in [3.05, 3.63) is 64.7 Å². The van der Waals surface area contributed by atoms with Gasteiger partial charge >= 0.3 is 6.18 Å². The lowest BCUT2D eigenvalue weighted by atomic mass is 10.0. The van der Waals surface area contributed by atoms with Crippen LogP contribution in [0.3, 0.4) is 0 Å². The summed E-state index contributed by atoms with van der Waals surface area (Å²) < 4.78 is 38.4. The summed E-state index contributed by atoms with van der Waals surface area (Å²) in [5.74, 6) is -0.559. The monoisotopic (exact) mass is 365 g/mol. The van der Waals surface area contributed by atoms with Crippen LogP contribution in [-0.2, 0) is 30.4 Å². The van der Waals surface area contributed by atoms with Crippen molar-refractivity contribution >= 4 is 11.6 Å². The normalized spacial score (nSPS) is 15.0. The summed E-state index contributed by atoms with van der Waals surface area (Å²) in [5, 5.41) is 19.6. The number of benzene rings is 2. The second kappa shape index (κ2) is 7.09. The van der Waals surface area contributed by atoms with Crippen LogP contribution in [0.5, 0.6) is 0 Å². The van der Waals surface area contributed by atoms with Crippen LogP contribution in [0.2, 0.25) is 0 Å². The van der Waals surface area contributed by atoms with E-state index in [2.05, 4.69) is 0 Å². The second-order valence-corrected chi connectivity index (χ2v) is 6.23. The van der Waals surface area contributed by atoms with Crippen LogP contribution in [0.15, 0.2) is 42.5 Å². The summed E-state index contributed by atoms with van der Waals surface area (Å²) in [4.78, 5) is 14.0. The highest BCUT2D eigenvalue weighted by atomic mass is 19.4. The number of nitrogens with zero attached hydrogens (tertiary/aromatic N) is 1. The van der Waals surface area contributed by atoms with Gasteiger partial charge in [0.1, 0.15) is 6.10 Å². The molecule has 0 radical (unpaired) electrons. The molecule has 138 valence electrons. The predicted octanol–water partition coefficient (Wildman–Crippen LogP) is 2.69. The molecule has 0 saturated heterocycles. The van der Waals surface area contributed by atoms with Gasteiger partial charge in [0, 0.05) is 18.7 Å². The van der Waals surface area contributed by atoms with E-state index in [1.807, 2.05) is 0 Å². The van der Waals surface area contributed by atoms with Gasteiger partial charge in [0.25, 0.3) is 5.91 Å². The fourth-order valence-electron chi connectivity index (χ4n) is 3.25. The highest BCUT2D eigenvalue weighted by Gasteiger charge is 2.32. The third kappa shape index (κ3) is 3.59. The number of fused-ring (bicyclic) bond motifs is 1. The minimum Gasteiger partial charge on any atom is -0.392 e. The molecule has 26 heavy (non-hydrogen) atoms. The molecule has 1 unspecified atom stereocenters. The number of carbonyl (C=O) groups excluding carboxylic acids is 1. The lowest BCUT2D eigenvalue weighted by Crippen LogP contribution is -2.39. The fourth-order valence-corrected chi connectivity index (χ4v) is 3.25. The lowest BCUT2D eigenvalue weighted by Gasteiger charge is -2.21. The Hall–Kier alpha value is -2.38. The quantitative estimate of drug-likeness (QED) is 0.876. The van der Waals surface area contributed by atoms with Crippen molar-refractivity contribution in [1.82, 2.24) is 0 Å². The Labute approximate surface area is 148 Å². The third-order valence-corrected chi connectivity index (χ3v) is 4.53. The van der Waals surface area contributed by atoms with Crippen molar-refractivity contribution in [2.24, 2.45) is 0 Å². The second-order valence-electron chi connectivity index (χ2n) is 6.23. The number of hydrogen-bond donors (Lipinski definition) is 2. The van der Waals surface area contributed by atoms with Crippen molar-refractivity contribution in [2.45, 2.75) is 31.7 Å². The number of anilines is 1. The molecule has 1 heterocycles. The van der Waals surface area contributed by atoms with Crippen LogP contribution in [0.4, 0.5) is 18.9 Å². The number of rotatable bonds is 4. The maximum atomic E-state index is 12.8. The van der Waals surface area contributed by atoms with Gasteiger partial charge in [-0.1, -0.05) is 30.3 Å². The Morgan fingerprint density at radius 2 is 1.92 bits per heavy atom. The van der Waals surface area contributed by atoms with Crippen molar-refractivity contribution in [3.8, 4) is 0 Å². The fraction of sp³-hybridized carbons (Fsp3) is 0.316. The van der Waals surface area contributed by atoms with E-state index in [1.54, 1.807) is 18.2 Å². The number of alkyl halides is 3. The molecule has 1 aliphatic rings. The average Bonchev–Trinajstić information content (AvgIpc) is 3.04. The van der Waals surface area contributed by atoms with Gasteiger partial charge in [-0.2, -0.15) is 13.2 Å². The molecule has 4 nitrogen and oxygen atoms in total. The summed E-state index contributed by atoms with van der Waals surface area (Å²) in [6, 6.07) is 9.82. The van der Waals surface area contributed by atoms with Crippen LogP contribution in [0.25, 0.3) is 0 Å². The van der Waals surface area contributed by atoms with Crippen molar-refractivity contribution in [1.29, 1.82) is 0 Å². The minimum absolute atomic E-state index is 0.141. The molecular formula is C19H18F3NO3. The van der Waals surface area contributed by atoms with Crippen molar-refractivity contribution in [3.63, 3.8) is 0 Å². The van der Waals surface area contributed by atoms with E-state index in [9.17, 15) is 28.2 Å². The molecule has 0 aromatic heterocycles. The van der Waals surface area contributed by atoms with Crippen LogP contribution >= 0.6 is 0 Å². The van der Waals surface area contributed by atoms with Gasteiger partial charge in [0.05, 0.1) is 12.2 Å². The summed E-state index contributed by atoms with van der Waals surface area (Å²) in [6.45, 7) is 0.225. The molecule has 7 heteroatoms. The number of hydrogen-bond acceptors (Lipinski definition) is 3. The molecule has 0 fully saturated rings. The van der Waals surface area contributed by atoms with Gasteiger partial charge in [0.2, 0.25) is 0 Å². The van der Waals surface area contributed by atoms with Gasteiger partial charge in [-0.3, -0.25) is 4.79 Å². The van der Waals surface area contributed by atoms with Gasteiger partial charge in [0.15, 0.2) is 0 Å². The Morgan fingerprint density at radius 1 is 1.19 bits per heavy atom. The van der Waals surface area contributed by atoms with Gasteiger partial charge in [-0.05, 0) is 35.2 Å². The van der Waals surface area contributed by atoms with Crippen molar-refractivity contribution in [2.75, 3.05) is 11.4 Å². The predicted molar refractivity (Wildman–Crippen MR) is 89.6 cm³/mol. The Kier molecular flexibility index (Phi) is 5.02. The first-order chi connectivity index (χ1) is 12.3. The third-order valence-electron chi connectivity index (χ3n) is 4.53. The van der Waals surface area contributed by atoms with E-state index in [0.29, 0.717) is 18.7 Å². The number of carbonyl (C=O) groups is 1. The molecular weight excluding hydrogens is 347 g/mol. The SMILES string of the molecule is O=C(C(O)Cc1cccc(C(F)(F)F)c1)N1CCc2c(CO)cccc21. The number of aliphatic hydroxyl groups is 2. The molecule has 2 aromatic carbocycles. The van der Waals surface area contributed by atoms with Gasteiger partial charge in [-0.15, -0.1) is 0 Å². The highest BCUT2D eigenvalue weighted by molar-refractivity contribution is 5.98. The summed E-state index contributed by atoms with van der Waals surface area (Å²) in [6.07, 6.45) is -5.55. The van der Waals surface area contributed by atoms with Crippen molar-refractivity contribution < 1.29 is 28.2 Å². The molecule has 1 aliphatic heterocycles. The number of amides is 1. The molecule has 1 atom stereocenters. The topological polar surface area (TPSA) is 60.8 Å². The van der Waals surface area contributed by atoms with E-state index in [-0.39, 0.29) is 18.6 Å². The number of aliphatic hydroxyl groups excluding tert-OH is 2. The molecule has 1 amide bonds. The van der Waals surface area contributed by atoms with Crippen LogP contribution in [0, 0.1) is 0 Å². The van der Waals surface area contributed by atoms with Crippen LogP contribution in [-0.4, -0.2) is 28.8 Å². The first kappa shape index (κ1) is 18.4. The zero-order valence-electron chi connectivity index (χ0n) is 13.8. The maximum absolute atomic E-state index is 12.8. The average molecular weight is 365 g/mol. The molecule has 0 bridgehead atoms. The van der Waals surface area contributed by atoms with E-state index in [4.69, 9.17) is 0 Å². The molecule has 0 aliphatic carbocycles. The Balaban J connectivity index is 1.76. The standard InChI is InChI=1S/C19H18F3NO3/c20-19(21,22)14-5-1-3-12(9-14)10-17(25)18(26)23-8-7-15-13(11-24)4-2-6-16(15)23/h1-6,9,17,24-25H,7-8,10-11H2. The molecule has 2 N–H and O–H groups in total.